The van der Waals surface area contributed by atoms with E-state index in [2.05, 4.69) is 59.5 Å². The number of benzene rings is 2. The molecule has 0 spiro atoms. The average molecular weight is 338 g/mol. The first-order chi connectivity index (χ1) is 10.2. The predicted octanol–water partition coefficient (Wildman–Crippen LogP) is 3.95. The number of rotatable bonds is 4. The van der Waals surface area contributed by atoms with Crippen LogP contribution in [0.5, 0.6) is 0 Å². The highest BCUT2D eigenvalue weighted by Gasteiger charge is 2.27. The number of hydrogen-bond acceptors (Lipinski definition) is 3. The molecule has 22 heavy (non-hydrogen) atoms. The SMILES string of the molecule is Cc1ccc(NCC2CNNC2c2ccc(Cl)cc2)cc1.Cl. The van der Waals surface area contributed by atoms with Crippen LogP contribution in [0.1, 0.15) is 17.2 Å². The standard InChI is InChI=1S/C17H20ClN3.ClH/c1-12-2-8-16(9-3-12)19-10-14-11-20-21-17(14)13-4-6-15(18)7-5-13;/h2-9,14,17,19-21H,10-11H2,1H3;1H. The maximum atomic E-state index is 5.96. The lowest BCUT2D eigenvalue weighted by atomic mass is 9.95. The van der Waals surface area contributed by atoms with Crippen LogP contribution in [0.3, 0.4) is 0 Å². The maximum absolute atomic E-state index is 5.96. The zero-order valence-electron chi connectivity index (χ0n) is 12.5. The number of aryl methyl sites for hydroxylation is 1. The molecule has 0 bridgehead atoms. The summed E-state index contributed by atoms with van der Waals surface area (Å²) < 4.78 is 0. The van der Waals surface area contributed by atoms with Gasteiger partial charge in [-0.1, -0.05) is 41.4 Å². The van der Waals surface area contributed by atoms with Crippen LogP contribution in [0.25, 0.3) is 0 Å². The van der Waals surface area contributed by atoms with E-state index in [1.165, 1.54) is 16.8 Å². The second kappa shape index (κ2) is 7.84. The van der Waals surface area contributed by atoms with Crippen molar-refractivity contribution in [1.29, 1.82) is 0 Å². The molecule has 0 aromatic heterocycles. The molecule has 3 rings (SSSR count). The quantitative estimate of drug-likeness (QED) is 0.790. The highest BCUT2D eigenvalue weighted by molar-refractivity contribution is 6.30. The number of halogens is 2. The van der Waals surface area contributed by atoms with Gasteiger partial charge in [-0.2, -0.15) is 0 Å². The highest BCUT2D eigenvalue weighted by atomic mass is 35.5. The van der Waals surface area contributed by atoms with E-state index in [0.29, 0.717) is 12.0 Å². The summed E-state index contributed by atoms with van der Waals surface area (Å²) >= 11 is 5.96. The van der Waals surface area contributed by atoms with E-state index in [0.717, 1.165) is 18.1 Å². The average Bonchev–Trinajstić information content (AvgIpc) is 2.96. The van der Waals surface area contributed by atoms with Gasteiger partial charge in [0.05, 0.1) is 6.04 Å². The molecule has 0 saturated carbocycles. The number of hydrazine groups is 1. The van der Waals surface area contributed by atoms with E-state index in [1.807, 2.05) is 12.1 Å². The van der Waals surface area contributed by atoms with Crippen molar-refractivity contribution in [3.8, 4) is 0 Å². The van der Waals surface area contributed by atoms with Crippen molar-refractivity contribution in [2.45, 2.75) is 13.0 Å². The molecule has 5 heteroatoms. The van der Waals surface area contributed by atoms with Gasteiger partial charge in [0.1, 0.15) is 0 Å². The van der Waals surface area contributed by atoms with Crippen LogP contribution in [0, 0.1) is 12.8 Å². The predicted molar refractivity (Wildman–Crippen MR) is 95.7 cm³/mol. The molecule has 118 valence electrons. The Kier molecular flexibility index (Phi) is 6.09. The first-order valence-electron chi connectivity index (χ1n) is 7.27. The maximum Gasteiger partial charge on any atom is 0.0520 e. The number of nitrogens with one attached hydrogen (secondary N) is 3. The van der Waals surface area contributed by atoms with Crippen LogP contribution in [-0.4, -0.2) is 13.1 Å². The van der Waals surface area contributed by atoms with Gasteiger partial charge in [0.15, 0.2) is 0 Å². The zero-order chi connectivity index (χ0) is 14.7. The summed E-state index contributed by atoms with van der Waals surface area (Å²) in [6.07, 6.45) is 0. The van der Waals surface area contributed by atoms with Crippen LogP contribution >= 0.6 is 24.0 Å². The molecule has 1 aliphatic rings. The zero-order valence-corrected chi connectivity index (χ0v) is 14.0. The molecule has 3 nitrogen and oxygen atoms in total. The largest absolute Gasteiger partial charge is 0.385 e. The summed E-state index contributed by atoms with van der Waals surface area (Å²) in [5.74, 6) is 0.493. The highest BCUT2D eigenvalue weighted by Crippen LogP contribution is 2.26. The Morgan fingerprint density at radius 3 is 2.45 bits per heavy atom. The second-order valence-corrected chi connectivity index (χ2v) is 6.00. The van der Waals surface area contributed by atoms with E-state index in [4.69, 9.17) is 11.6 Å². The molecular weight excluding hydrogens is 317 g/mol. The lowest BCUT2D eigenvalue weighted by Gasteiger charge is -2.20. The van der Waals surface area contributed by atoms with Crippen molar-refractivity contribution in [2.24, 2.45) is 5.92 Å². The van der Waals surface area contributed by atoms with Crippen molar-refractivity contribution in [2.75, 3.05) is 18.4 Å². The molecule has 1 aliphatic heterocycles. The molecule has 3 N–H and O–H groups in total. The van der Waals surface area contributed by atoms with Gasteiger partial charge in [-0.15, -0.1) is 12.4 Å². The van der Waals surface area contributed by atoms with E-state index in [-0.39, 0.29) is 12.4 Å². The van der Waals surface area contributed by atoms with E-state index >= 15 is 0 Å². The Bertz CT molecular complexity index is 584. The van der Waals surface area contributed by atoms with E-state index in [1.54, 1.807) is 0 Å². The molecule has 2 atom stereocenters. The Morgan fingerprint density at radius 2 is 1.77 bits per heavy atom. The minimum atomic E-state index is 0. The minimum Gasteiger partial charge on any atom is -0.385 e. The normalized spacial score (nSPS) is 20.5. The Balaban J connectivity index is 0.00000176. The van der Waals surface area contributed by atoms with Gasteiger partial charge in [0.2, 0.25) is 0 Å². The lowest BCUT2D eigenvalue weighted by Crippen LogP contribution is -2.26. The van der Waals surface area contributed by atoms with Gasteiger partial charge in [0.25, 0.3) is 0 Å². The Hall–Kier alpha value is -1.26. The van der Waals surface area contributed by atoms with Gasteiger partial charge in [-0.3, -0.25) is 5.43 Å². The molecular formula is C17H21Cl2N3. The van der Waals surface area contributed by atoms with Gasteiger partial charge in [-0.05, 0) is 36.8 Å². The molecule has 0 aliphatic carbocycles. The fourth-order valence-electron chi connectivity index (χ4n) is 2.67. The molecule has 0 radical (unpaired) electrons. The smallest absolute Gasteiger partial charge is 0.0520 e. The van der Waals surface area contributed by atoms with Gasteiger partial charge >= 0.3 is 0 Å². The van der Waals surface area contributed by atoms with E-state index in [9.17, 15) is 0 Å². The van der Waals surface area contributed by atoms with Crippen molar-refractivity contribution in [3.05, 3.63) is 64.7 Å². The molecule has 1 saturated heterocycles. The third kappa shape index (κ3) is 4.14. The fourth-order valence-corrected chi connectivity index (χ4v) is 2.80. The lowest BCUT2D eigenvalue weighted by molar-refractivity contribution is 0.493. The molecule has 0 amide bonds. The topological polar surface area (TPSA) is 36.1 Å². The first kappa shape index (κ1) is 17.1. The van der Waals surface area contributed by atoms with Crippen molar-refractivity contribution in [3.63, 3.8) is 0 Å². The summed E-state index contributed by atoms with van der Waals surface area (Å²) in [5, 5.41) is 4.30. The van der Waals surface area contributed by atoms with Gasteiger partial charge < -0.3 is 5.32 Å². The van der Waals surface area contributed by atoms with Crippen LogP contribution in [-0.2, 0) is 0 Å². The molecule has 2 aromatic carbocycles. The summed E-state index contributed by atoms with van der Waals surface area (Å²) in [7, 11) is 0. The molecule has 2 aromatic rings. The molecule has 2 unspecified atom stereocenters. The Labute approximate surface area is 142 Å². The fraction of sp³-hybridized carbons (Fsp3) is 0.294. The van der Waals surface area contributed by atoms with Crippen LogP contribution in [0.15, 0.2) is 48.5 Å². The first-order valence-corrected chi connectivity index (χ1v) is 7.64. The number of hydrogen-bond donors (Lipinski definition) is 3. The van der Waals surface area contributed by atoms with Crippen LogP contribution in [0.4, 0.5) is 5.69 Å². The van der Waals surface area contributed by atoms with Crippen LogP contribution < -0.4 is 16.2 Å². The minimum absolute atomic E-state index is 0. The summed E-state index contributed by atoms with van der Waals surface area (Å²) in [6.45, 7) is 3.98. The second-order valence-electron chi connectivity index (χ2n) is 5.56. The summed E-state index contributed by atoms with van der Waals surface area (Å²) in [4.78, 5) is 0. The van der Waals surface area contributed by atoms with Crippen molar-refractivity contribution in [1.82, 2.24) is 10.9 Å². The van der Waals surface area contributed by atoms with Crippen LogP contribution in [0.2, 0.25) is 5.02 Å². The monoisotopic (exact) mass is 337 g/mol. The van der Waals surface area contributed by atoms with Crippen molar-refractivity contribution < 1.29 is 0 Å². The van der Waals surface area contributed by atoms with Crippen molar-refractivity contribution >= 4 is 29.7 Å². The molecule has 1 heterocycles. The van der Waals surface area contributed by atoms with Gasteiger partial charge in [-0.25, -0.2) is 5.43 Å². The Morgan fingerprint density at radius 1 is 1.09 bits per heavy atom. The van der Waals surface area contributed by atoms with E-state index < -0.39 is 0 Å². The van der Waals surface area contributed by atoms with Gasteiger partial charge in [0, 0.05) is 29.7 Å². The summed E-state index contributed by atoms with van der Waals surface area (Å²) in [6, 6.07) is 16.9. The molecule has 1 fully saturated rings. The summed E-state index contributed by atoms with van der Waals surface area (Å²) in [5.41, 5.74) is 10.3. The third-order valence-electron chi connectivity index (χ3n) is 3.94. The third-order valence-corrected chi connectivity index (χ3v) is 4.19. The number of anilines is 1.